The van der Waals surface area contributed by atoms with Crippen LogP contribution in [0.5, 0.6) is 5.75 Å². The van der Waals surface area contributed by atoms with Crippen molar-refractivity contribution < 1.29 is 9.53 Å². The lowest BCUT2D eigenvalue weighted by atomic mass is 9.89. The Labute approximate surface area is 181 Å². The van der Waals surface area contributed by atoms with E-state index in [1.807, 2.05) is 23.1 Å². The smallest absolute Gasteiger partial charge is 0.251 e. The molecule has 1 aromatic heterocycles. The third-order valence-corrected chi connectivity index (χ3v) is 6.73. The molecule has 2 atom stereocenters. The van der Waals surface area contributed by atoms with E-state index < -0.39 is 0 Å². The number of nitrogens with zero attached hydrogens (tertiary/aromatic N) is 2. The second-order valence-electron chi connectivity index (χ2n) is 7.99. The van der Waals surface area contributed by atoms with E-state index in [1.165, 1.54) is 10.9 Å². The number of aromatic nitrogens is 1. The first-order valence-electron chi connectivity index (χ1n) is 10.5. The fraction of sp³-hybridized carbons (Fsp3) is 0.333. The van der Waals surface area contributed by atoms with Crippen LogP contribution in [0, 0.1) is 0 Å². The summed E-state index contributed by atoms with van der Waals surface area (Å²) in [5, 5.41) is 1.83. The number of unbranched alkanes of at least 4 members (excludes halogenated alkanes) is 1. The summed E-state index contributed by atoms with van der Waals surface area (Å²) >= 11 is 5.86. The first-order chi connectivity index (χ1) is 14.6. The molecular formula is C24H25N3O2S. The number of ether oxygens (including phenoxy) is 1. The van der Waals surface area contributed by atoms with Gasteiger partial charge in [0.25, 0.3) is 5.91 Å². The molecule has 2 aromatic carbocycles. The van der Waals surface area contributed by atoms with E-state index in [1.54, 1.807) is 7.11 Å². The zero-order valence-electron chi connectivity index (χ0n) is 17.2. The highest BCUT2D eigenvalue weighted by molar-refractivity contribution is 7.80. The van der Waals surface area contributed by atoms with E-state index in [9.17, 15) is 4.79 Å². The maximum atomic E-state index is 13.4. The van der Waals surface area contributed by atoms with Crippen molar-refractivity contribution in [2.75, 3.05) is 13.7 Å². The Balaban J connectivity index is 1.66. The summed E-state index contributed by atoms with van der Waals surface area (Å²) in [7, 11) is 1.67. The van der Waals surface area contributed by atoms with Crippen LogP contribution in [0.1, 0.15) is 42.6 Å². The first-order valence-corrected chi connectivity index (χ1v) is 10.9. The Hall–Kier alpha value is -2.86. The maximum Gasteiger partial charge on any atom is 0.251 e. The normalized spacial score (nSPS) is 20.6. The van der Waals surface area contributed by atoms with E-state index in [2.05, 4.69) is 47.1 Å². The minimum atomic E-state index is -0.256. The van der Waals surface area contributed by atoms with Crippen molar-refractivity contribution in [1.29, 1.82) is 0 Å². The molecule has 154 valence electrons. The van der Waals surface area contributed by atoms with Crippen LogP contribution in [0.3, 0.4) is 0 Å². The van der Waals surface area contributed by atoms with E-state index >= 15 is 0 Å². The third-order valence-electron chi connectivity index (χ3n) is 6.30. The van der Waals surface area contributed by atoms with Gasteiger partial charge in [0.15, 0.2) is 5.11 Å². The molecule has 2 aliphatic rings. The van der Waals surface area contributed by atoms with Gasteiger partial charge in [0.2, 0.25) is 0 Å². The van der Waals surface area contributed by atoms with Crippen LogP contribution in [0.2, 0.25) is 0 Å². The number of para-hydroxylation sites is 1. The number of benzene rings is 2. The lowest BCUT2D eigenvalue weighted by molar-refractivity contribution is -0.128. The predicted molar refractivity (Wildman–Crippen MR) is 122 cm³/mol. The minimum Gasteiger partial charge on any atom is -0.497 e. The van der Waals surface area contributed by atoms with Crippen molar-refractivity contribution in [2.24, 2.45) is 0 Å². The highest BCUT2D eigenvalue weighted by Gasteiger charge is 2.50. The van der Waals surface area contributed by atoms with Crippen molar-refractivity contribution in [3.8, 4) is 5.75 Å². The van der Waals surface area contributed by atoms with Gasteiger partial charge in [-0.2, -0.15) is 0 Å². The fourth-order valence-corrected chi connectivity index (χ4v) is 5.20. The van der Waals surface area contributed by atoms with Gasteiger partial charge in [0.1, 0.15) is 11.8 Å². The molecule has 3 aromatic rings. The van der Waals surface area contributed by atoms with E-state index in [0.29, 0.717) is 18.1 Å². The number of carbonyl (C=O) groups excluding carboxylic acids is 1. The molecule has 0 unspecified atom stereocenters. The largest absolute Gasteiger partial charge is 0.497 e. The van der Waals surface area contributed by atoms with Gasteiger partial charge in [-0.15, -0.1) is 0 Å². The molecule has 0 aliphatic carbocycles. The van der Waals surface area contributed by atoms with Crippen molar-refractivity contribution in [3.05, 3.63) is 65.4 Å². The van der Waals surface area contributed by atoms with Gasteiger partial charge in [0, 0.05) is 29.6 Å². The Morgan fingerprint density at radius 1 is 1.17 bits per heavy atom. The number of thiocarbonyl (C=S) groups is 1. The van der Waals surface area contributed by atoms with Gasteiger partial charge in [-0.1, -0.05) is 43.7 Å². The zero-order valence-corrected chi connectivity index (χ0v) is 18.0. The fourth-order valence-electron chi connectivity index (χ4n) is 4.78. The summed E-state index contributed by atoms with van der Waals surface area (Å²) in [5.74, 6) is 0.940. The SMILES string of the molecule is CCCCN1C(=O)[C@@H]2Cc3c([nH]c4ccccc34)[C@@H](c3ccc(OC)cc3)N2C1=S. The Kier molecular flexibility index (Phi) is 4.74. The van der Waals surface area contributed by atoms with Crippen LogP contribution in [0.25, 0.3) is 10.9 Å². The van der Waals surface area contributed by atoms with Gasteiger partial charge >= 0.3 is 0 Å². The molecule has 1 amide bonds. The summed E-state index contributed by atoms with van der Waals surface area (Å²) in [4.78, 5) is 21.0. The van der Waals surface area contributed by atoms with Crippen molar-refractivity contribution >= 4 is 34.1 Å². The third kappa shape index (κ3) is 2.82. The standard InChI is InChI=1S/C24H25N3O2S/c1-3-4-13-26-23(28)20-14-18-17-7-5-6-8-19(17)25-21(18)22(27(20)24(26)30)15-9-11-16(29-2)12-10-15/h5-12,20,22,25H,3-4,13-14H2,1-2H3/t20-,22+/m0/s1. The molecule has 1 N–H and O–H groups in total. The molecule has 1 saturated heterocycles. The molecule has 5 nitrogen and oxygen atoms in total. The minimum absolute atomic E-state index is 0.125. The monoisotopic (exact) mass is 419 g/mol. The first kappa shape index (κ1) is 19.1. The molecule has 3 heterocycles. The summed E-state index contributed by atoms with van der Waals surface area (Å²) in [6.07, 6.45) is 2.66. The highest BCUT2D eigenvalue weighted by atomic mass is 32.1. The number of carbonyl (C=O) groups is 1. The summed E-state index contributed by atoms with van der Waals surface area (Å²) in [5.41, 5.74) is 4.55. The molecule has 6 heteroatoms. The van der Waals surface area contributed by atoms with Crippen molar-refractivity contribution in [2.45, 2.75) is 38.3 Å². The van der Waals surface area contributed by atoms with Crippen LogP contribution in [0.4, 0.5) is 0 Å². The average molecular weight is 420 g/mol. The number of amides is 1. The van der Waals surface area contributed by atoms with E-state index in [4.69, 9.17) is 17.0 Å². The van der Waals surface area contributed by atoms with Gasteiger partial charge in [-0.05, 0) is 48.0 Å². The Morgan fingerprint density at radius 2 is 1.93 bits per heavy atom. The van der Waals surface area contributed by atoms with Crippen LogP contribution >= 0.6 is 12.2 Å². The molecule has 1 fully saturated rings. The predicted octanol–water partition coefficient (Wildman–Crippen LogP) is 4.42. The molecule has 0 spiro atoms. The van der Waals surface area contributed by atoms with Gasteiger partial charge in [-0.25, -0.2) is 0 Å². The molecule has 0 bridgehead atoms. The lowest BCUT2D eigenvalue weighted by Gasteiger charge is -2.37. The van der Waals surface area contributed by atoms with Gasteiger partial charge < -0.3 is 14.6 Å². The number of methoxy groups -OCH3 is 1. The van der Waals surface area contributed by atoms with Crippen LogP contribution < -0.4 is 4.74 Å². The average Bonchev–Trinajstić information content (AvgIpc) is 3.26. The second-order valence-corrected chi connectivity index (χ2v) is 8.36. The molecule has 30 heavy (non-hydrogen) atoms. The number of fused-ring (bicyclic) bond motifs is 4. The van der Waals surface area contributed by atoms with Crippen molar-refractivity contribution in [3.63, 3.8) is 0 Å². The Bertz CT molecular complexity index is 1120. The van der Waals surface area contributed by atoms with Crippen LogP contribution in [-0.4, -0.2) is 45.5 Å². The lowest BCUT2D eigenvalue weighted by Crippen LogP contribution is -2.44. The zero-order chi connectivity index (χ0) is 20.8. The van der Waals surface area contributed by atoms with Gasteiger partial charge in [0.05, 0.1) is 13.2 Å². The van der Waals surface area contributed by atoms with Crippen LogP contribution in [-0.2, 0) is 11.2 Å². The maximum absolute atomic E-state index is 13.4. The summed E-state index contributed by atoms with van der Waals surface area (Å²) in [6, 6.07) is 16.0. The number of nitrogens with one attached hydrogen (secondary N) is 1. The number of hydrogen-bond donors (Lipinski definition) is 1. The Morgan fingerprint density at radius 3 is 2.67 bits per heavy atom. The number of H-pyrrole nitrogens is 1. The number of rotatable bonds is 5. The molecule has 0 radical (unpaired) electrons. The summed E-state index contributed by atoms with van der Waals surface area (Å²) in [6.45, 7) is 2.82. The second kappa shape index (κ2) is 7.43. The molecule has 2 aliphatic heterocycles. The number of hydrogen-bond acceptors (Lipinski definition) is 3. The molecule has 0 saturated carbocycles. The molecule has 5 rings (SSSR count). The van der Waals surface area contributed by atoms with Crippen molar-refractivity contribution in [1.82, 2.24) is 14.8 Å². The summed E-state index contributed by atoms with van der Waals surface area (Å²) < 4.78 is 5.35. The van der Waals surface area contributed by atoms with Crippen LogP contribution in [0.15, 0.2) is 48.5 Å². The number of aromatic amines is 1. The van der Waals surface area contributed by atoms with E-state index in [0.717, 1.165) is 35.4 Å². The van der Waals surface area contributed by atoms with E-state index in [-0.39, 0.29) is 18.0 Å². The van der Waals surface area contributed by atoms with Gasteiger partial charge in [-0.3, -0.25) is 9.69 Å². The quantitative estimate of drug-likeness (QED) is 0.622. The molecular weight excluding hydrogens is 394 g/mol. The topological polar surface area (TPSA) is 48.6 Å². The highest BCUT2D eigenvalue weighted by Crippen LogP contribution is 2.44.